The van der Waals surface area contributed by atoms with E-state index in [1.807, 2.05) is 0 Å². The quantitative estimate of drug-likeness (QED) is 0.416. The fraction of sp³-hybridized carbons (Fsp3) is 0.273. The first-order valence-corrected chi connectivity index (χ1v) is 6.27. The predicted octanol–water partition coefficient (Wildman–Crippen LogP) is -2.91. The molecule has 0 radical (unpaired) electrons. The van der Waals surface area contributed by atoms with Gasteiger partial charge in [-0.25, -0.2) is 0 Å². The molecule has 0 saturated heterocycles. The summed E-state index contributed by atoms with van der Waals surface area (Å²) in [6, 6.07) is 8.80. The van der Waals surface area contributed by atoms with Crippen LogP contribution in [0.15, 0.2) is 29.8 Å². The van der Waals surface area contributed by atoms with Gasteiger partial charge in [0.05, 0.1) is 0 Å². The molecule has 0 aromatic heterocycles. The van der Waals surface area contributed by atoms with Gasteiger partial charge in [-0.1, -0.05) is 0 Å². The minimum Gasteiger partial charge on any atom is -1.00 e. The van der Waals surface area contributed by atoms with Gasteiger partial charge in [-0.15, -0.1) is 0 Å². The van der Waals surface area contributed by atoms with Crippen molar-refractivity contribution in [3.05, 3.63) is 41.0 Å². The summed E-state index contributed by atoms with van der Waals surface area (Å²) in [5, 5.41) is 0. The summed E-state index contributed by atoms with van der Waals surface area (Å²) in [6.45, 7) is 4.51. The number of benzene rings is 1. The van der Waals surface area contributed by atoms with Crippen molar-refractivity contribution in [1.82, 2.24) is 0 Å². The molecule has 0 bridgehead atoms. The Hall–Kier alpha value is 0.410. The van der Waals surface area contributed by atoms with Crippen molar-refractivity contribution in [2.75, 3.05) is 0 Å². The minimum absolute atomic E-state index is 0. The summed E-state index contributed by atoms with van der Waals surface area (Å²) in [5.41, 5.74) is 6.13. The van der Waals surface area contributed by atoms with Crippen LogP contribution < -0.4 is 24.8 Å². The maximum atomic E-state index is 2.27. The molecule has 3 heteroatoms. The molecule has 1 aliphatic carbocycles. The molecule has 0 nitrogen and oxygen atoms in total. The third kappa shape index (κ3) is 2.15. The minimum atomic E-state index is 0. The fourth-order valence-corrected chi connectivity index (χ4v) is 3.43. The maximum absolute atomic E-state index is 2.27. The number of fused-ring (bicyclic) bond motifs is 1. The van der Waals surface area contributed by atoms with E-state index in [1.54, 1.807) is 11.1 Å². The van der Waals surface area contributed by atoms with Gasteiger partial charge < -0.3 is 24.8 Å². The van der Waals surface area contributed by atoms with Crippen LogP contribution >= 0.6 is 0 Å². The number of rotatable bonds is 0. The van der Waals surface area contributed by atoms with Gasteiger partial charge in [-0.05, 0) is 0 Å². The van der Waals surface area contributed by atoms with Crippen LogP contribution in [0.25, 0.3) is 5.57 Å². The fourth-order valence-electron chi connectivity index (χ4n) is 1.75. The Morgan fingerprint density at radius 2 is 1.64 bits per heavy atom. The SMILES string of the molecule is CC1=C(C)[CH]([Hf+2])c2ccccc21.[Cl-].[Cl-]. The van der Waals surface area contributed by atoms with E-state index >= 15 is 0 Å². The molecule has 0 aliphatic heterocycles. The van der Waals surface area contributed by atoms with E-state index in [2.05, 4.69) is 38.1 Å². The molecule has 0 heterocycles. The van der Waals surface area contributed by atoms with E-state index < -0.39 is 0 Å². The molecule has 1 atom stereocenters. The summed E-state index contributed by atoms with van der Waals surface area (Å²) < 4.78 is 0.765. The Kier molecular flexibility index (Phi) is 5.64. The van der Waals surface area contributed by atoms with E-state index in [1.165, 1.54) is 35.5 Å². The average molecular weight is 393 g/mol. The molecule has 0 N–H and O–H groups in total. The van der Waals surface area contributed by atoms with Crippen molar-refractivity contribution in [2.45, 2.75) is 17.5 Å². The molecule has 73 valence electrons. The van der Waals surface area contributed by atoms with E-state index in [0.29, 0.717) is 0 Å². The Balaban J connectivity index is 0.000000845. The van der Waals surface area contributed by atoms with Crippen molar-refractivity contribution in [2.24, 2.45) is 0 Å². The topological polar surface area (TPSA) is 0 Å². The number of hydrogen-bond acceptors (Lipinski definition) is 0. The van der Waals surface area contributed by atoms with Gasteiger partial charge in [-0.3, -0.25) is 0 Å². The molecular formula is C11H11Cl2Hf. The molecule has 1 unspecified atom stereocenters. The normalized spacial score (nSPS) is 18.4. The zero-order valence-electron chi connectivity index (χ0n) is 8.14. The van der Waals surface area contributed by atoms with Crippen molar-refractivity contribution in [1.29, 1.82) is 0 Å². The maximum Gasteiger partial charge on any atom is -1.00 e. The summed E-state index contributed by atoms with van der Waals surface area (Å²) in [6.07, 6.45) is 0. The van der Waals surface area contributed by atoms with Crippen LogP contribution in [0.5, 0.6) is 0 Å². The van der Waals surface area contributed by atoms with Crippen molar-refractivity contribution in [3.8, 4) is 0 Å². The second-order valence-electron chi connectivity index (χ2n) is 3.33. The second kappa shape index (κ2) is 5.48. The molecular weight excluding hydrogens is 382 g/mol. The van der Waals surface area contributed by atoms with Crippen molar-refractivity contribution >= 4 is 5.57 Å². The zero-order valence-corrected chi connectivity index (χ0v) is 13.2. The summed E-state index contributed by atoms with van der Waals surface area (Å²) in [4.78, 5) is 0. The van der Waals surface area contributed by atoms with Gasteiger partial charge in [0.25, 0.3) is 0 Å². The number of halogens is 2. The largest absolute Gasteiger partial charge is 1.00 e. The number of allylic oxidation sites excluding steroid dienone is 2. The molecule has 14 heavy (non-hydrogen) atoms. The van der Waals surface area contributed by atoms with Gasteiger partial charge in [0.1, 0.15) is 0 Å². The monoisotopic (exact) mass is 393 g/mol. The Morgan fingerprint density at radius 3 is 2.21 bits per heavy atom. The van der Waals surface area contributed by atoms with Crippen LogP contribution in [0.3, 0.4) is 0 Å². The second-order valence-corrected chi connectivity index (χ2v) is 5.40. The Labute approximate surface area is 113 Å². The van der Waals surface area contributed by atoms with Crippen LogP contribution in [0, 0.1) is 0 Å². The van der Waals surface area contributed by atoms with Crippen LogP contribution in [0.1, 0.15) is 28.6 Å². The first-order valence-electron chi connectivity index (χ1n) is 4.19. The van der Waals surface area contributed by atoms with Crippen LogP contribution in [0.2, 0.25) is 0 Å². The molecule has 0 fully saturated rings. The molecule has 0 spiro atoms. The Bertz CT molecular complexity index is 358. The van der Waals surface area contributed by atoms with Gasteiger partial charge in [0.2, 0.25) is 0 Å². The first kappa shape index (κ1) is 14.4. The van der Waals surface area contributed by atoms with Crippen molar-refractivity contribution in [3.63, 3.8) is 0 Å². The molecule has 1 aromatic carbocycles. The van der Waals surface area contributed by atoms with Crippen LogP contribution in [0.4, 0.5) is 0 Å². The molecule has 1 aromatic rings. The summed E-state index contributed by atoms with van der Waals surface area (Å²) >= 11 is 1.24. The number of hydrogen-bond donors (Lipinski definition) is 0. The molecule has 1 aliphatic rings. The molecule has 0 amide bonds. The molecule has 0 saturated carbocycles. The molecule has 2 rings (SSSR count). The summed E-state index contributed by atoms with van der Waals surface area (Å²) in [7, 11) is 0. The van der Waals surface area contributed by atoms with Crippen LogP contribution in [-0.4, -0.2) is 0 Å². The Morgan fingerprint density at radius 1 is 1.07 bits per heavy atom. The van der Waals surface area contributed by atoms with Gasteiger partial charge >= 0.3 is 88.4 Å². The average Bonchev–Trinajstić information content (AvgIpc) is 2.33. The third-order valence-corrected chi connectivity index (χ3v) is 5.37. The zero-order chi connectivity index (χ0) is 8.72. The van der Waals surface area contributed by atoms with Gasteiger partial charge in [0.15, 0.2) is 0 Å². The summed E-state index contributed by atoms with van der Waals surface area (Å²) in [5.74, 6) is 0. The van der Waals surface area contributed by atoms with E-state index in [4.69, 9.17) is 0 Å². The first-order chi connectivity index (χ1) is 5.72. The van der Waals surface area contributed by atoms with E-state index in [-0.39, 0.29) is 24.8 Å². The van der Waals surface area contributed by atoms with E-state index in [9.17, 15) is 0 Å². The third-order valence-electron chi connectivity index (χ3n) is 2.70. The van der Waals surface area contributed by atoms with Gasteiger partial charge in [0, 0.05) is 0 Å². The van der Waals surface area contributed by atoms with Crippen LogP contribution in [-0.2, 0) is 24.4 Å². The van der Waals surface area contributed by atoms with E-state index in [0.717, 1.165) is 3.67 Å². The standard InChI is InChI=1S/C11H11.2ClH.Hf/c1-8-7-10-5-3-4-6-11(10)9(8)2;;;/h3-7H,1-2H3;2*1H;/q;;;+2/p-2. The van der Waals surface area contributed by atoms with Crippen molar-refractivity contribution < 1.29 is 49.2 Å². The van der Waals surface area contributed by atoms with Gasteiger partial charge in [-0.2, -0.15) is 0 Å². The smallest absolute Gasteiger partial charge is 1.00 e. The predicted molar refractivity (Wildman–Crippen MR) is 47.5 cm³/mol.